The Hall–Kier alpha value is -3.92. The van der Waals surface area contributed by atoms with Crippen LogP contribution in [0.25, 0.3) is 17.4 Å². The van der Waals surface area contributed by atoms with Crippen LogP contribution in [0.1, 0.15) is 41.9 Å². The molecule has 0 spiro atoms. The number of carbonyl (C=O) groups excluding carboxylic acids is 3. The van der Waals surface area contributed by atoms with Crippen LogP contribution in [0.4, 0.5) is 0 Å². The van der Waals surface area contributed by atoms with Crippen molar-refractivity contribution in [1.29, 1.82) is 5.26 Å². The van der Waals surface area contributed by atoms with Gasteiger partial charge in [-0.2, -0.15) is 5.26 Å². The summed E-state index contributed by atoms with van der Waals surface area (Å²) < 4.78 is 10.9. The fourth-order valence-corrected chi connectivity index (χ4v) is 3.57. The third-order valence-corrected chi connectivity index (χ3v) is 5.15. The van der Waals surface area contributed by atoms with Gasteiger partial charge in [0, 0.05) is 23.2 Å². The van der Waals surface area contributed by atoms with E-state index in [4.69, 9.17) is 9.15 Å². The molecule has 2 aliphatic heterocycles. The maximum atomic E-state index is 12.8. The van der Waals surface area contributed by atoms with Crippen molar-refractivity contribution in [2.45, 2.75) is 26.9 Å². The average molecular weight is 402 g/mol. The van der Waals surface area contributed by atoms with Crippen LogP contribution in [0.5, 0.6) is 0 Å². The SMILES string of the molecule is CCCN1C(=O)C(C#N)=C(C)/C(=C\c2ccc(-c3ccc4c(c3)COC4=O)o2)C1=O. The molecule has 30 heavy (non-hydrogen) atoms. The van der Waals surface area contributed by atoms with E-state index in [9.17, 15) is 19.6 Å². The summed E-state index contributed by atoms with van der Waals surface area (Å²) >= 11 is 0. The molecule has 7 heteroatoms. The van der Waals surface area contributed by atoms with Gasteiger partial charge in [-0.15, -0.1) is 0 Å². The molecule has 0 saturated carbocycles. The van der Waals surface area contributed by atoms with Crippen LogP contribution in [0.3, 0.4) is 0 Å². The molecule has 0 bridgehead atoms. The third-order valence-electron chi connectivity index (χ3n) is 5.15. The lowest BCUT2D eigenvalue weighted by Crippen LogP contribution is -2.43. The number of cyclic esters (lactones) is 1. The van der Waals surface area contributed by atoms with Crippen LogP contribution in [-0.2, 0) is 20.9 Å². The molecule has 0 atom stereocenters. The maximum absolute atomic E-state index is 12.8. The van der Waals surface area contributed by atoms with E-state index in [1.165, 1.54) is 0 Å². The Morgan fingerprint density at radius 2 is 1.97 bits per heavy atom. The van der Waals surface area contributed by atoms with Gasteiger partial charge in [-0.25, -0.2) is 4.79 Å². The minimum Gasteiger partial charge on any atom is -0.457 e. The molecule has 7 nitrogen and oxygen atoms in total. The van der Waals surface area contributed by atoms with E-state index in [0.29, 0.717) is 29.1 Å². The molecule has 0 N–H and O–H groups in total. The number of furan rings is 1. The van der Waals surface area contributed by atoms with Crippen molar-refractivity contribution in [3.8, 4) is 17.4 Å². The molecule has 0 fully saturated rings. The number of hydrogen-bond donors (Lipinski definition) is 0. The number of hydrogen-bond acceptors (Lipinski definition) is 6. The lowest BCUT2D eigenvalue weighted by molar-refractivity contribution is -0.140. The number of nitriles is 1. The van der Waals surface area contributed by atoms with Crippen molar-refractivity contribution >= 4 is 23.9 Å². The fourth-order valence-electron chi connectivity index (χ4n) is 3.57. The van der Waals surface area contributed by atoms with E-state index >= 15 is 0 Å². The van der Waals surface area contributed by atoms with Gasteiger partial charge in [0.25, 0.3) is 11.8 Å². The van der Waals surface area contributed by atoms with Gasteiger partial charge in [-0.05, 0) is 49.3 Å². The number of amides is 2. The zero-order valence-corrected chi connectivity index (χ0v) is 16.5. The van der Waals surface area contributed by atoms with Crippen LogP contribution >= 0.6 is 0 Å². The number of imide groups is 1. The summed E-state index contributed by atoms with van der Waals surface area (Å²) in [4.78, 5) is 38.0. The second-order valence-electron chi connectivity index (χ2n) is 7.08. The summed E-state index contributed by atoms with van der Waals surface area (Å²) in [5, 5.41) is 9.38. The summed E-state index contributed by atoms with van der Waals surface area (Å²) in [5.74, 6) is -0.350. The van der Waals surface area contributed by atoms with Crippen LogP contribution in [0.15, 0.2) is 51.5 Å². The Morgan fingerprint density at radius 1 is 1.17 bits per heavy atom. The standard InChI is InChI=1S/C23H18N2O5/c1-3-8-25-21(26)18(13(2)19(11-24)22(25)27)10-16-5-7-20(30-16)14-4-6-17-15(9-14)12-29-23(17)28/h4-7,9-10H,3,8,12H2,1-2H3/b18-10+. The van der Waals surface area contributed by atoms with E-state index in [1.54, 1.807) is 37.3 Å². The van der Waals surface area contributed by atoms with Gasteiger partial charge in [0.15, 0.2) is 0 Å². The van der Waals surface area contributed by atoms with E-state index in [0.717, 1.165) is 16.0 Å². The second-order valence-corrected chi connectivity index (χ2v) is 7.08. The molecular weight excluding hydrogens is 384 g/mol. The highest BCUT2D eigenvalue weighted by Crippen LogP contribution is 2.31. The number of esters is 1. The van der Waals surface area contributed by atoms with Crippen molar-refractivity contribution in [1.82, 2.24) is 4.90 Å². The van der Waals surface area contributed by atoms with Crippen molar-refractivity contribution < 1.29 is 23.5 Å². The first-order valence-corrected chi connectivity index (χ1v) is 9.54. The summed E-state index contributed by atoms with van der Waals surface area (Å²) in [6, 6.07) is 10.7. The molecule has 0 radical (unpaired) electrons. The fraction of sp³-hybridized carbons (Fsp3) is 0.217. The predicted molar refractivity (Wildman–Crippen MR) is 107 cm³/mol. The van der Waals surface area contributed by atoms with Crippen molar-refractivity contribution in [2.24, 2.45) is 0 Å². The first-order chi connectivity index (χ1) is 14.4. The normalized spacial score (nSPS) is 17.4. The van der Waals surface area contributed by atoms with Gasteiger partial charge in [-0.3, -0.25) is 14.5 Å². The highest BCUT2D eigenvalue weighted by molar-refractivity contribution is 6.19. The molecule has 150 valence electrons. The van der Waals surface area contributed by atoms with Gasteiger partial charge in [0.05, 0.1) is 5.56 Å². The minimum absolute atomic E-state index is 0.0376. The highest BCUT2D eigenvalue weighted by Gasteiger charge is 2.35. The summed E-state index contributed by atoms with van der Waals surface area (Å²) in [5.41, 5.74) is 2.68. The maximum Gasteiger partial charge on any atom is 0.338 e. The number of ether oxygens (including phenoxy) is 1. The van der Waals surface area contributed by atoms with Crippen LogP contribution in [0.2, 0.25) is 0 Å². The monoisotopic (exact) mass is 402 g/mol. The molecule has 0 aliphatic carbocycles. The van der Waals surface area contributed by atoms with Gasteiger partial charge < -0.3 is 9.15 Å². The topological polar surface area (TPSA) is 101 Å². The van der Waals surface area contributed by atoms with Crippen molar-refractivity contribution in [2.75, 3.05) is 6.54 Å². The minimum atomic E-state index is -0.561. The summed E-state index contributed by atoms with van der Waals surface area (Å²) in [7, 11) is 0. The van der Waals surface area contributed by atoms with Gasteiger partial charge in [0.2, 0.25) is 0 Å². The quantitative estimate of drug-likeness (QED) is 0.440. The van der Waals surface area contributed by atoms with E-state index < -0.39 is 11.8 Å². The number of benzene rings is 1. The lowest BCUT2D eigenvalue weighted by atomic mass is 9.94. The van der Waals surface area contributed by atoms with Gasteiger partial charge >= 0.3 is 5.97 Å². The Labute approximate surface area is 172 Å². The third kappa shape index (κ3) is 3.12. The number of rotatable bonds is 4. The summed E-state index contributed by atoms with van der Waals surface area (Å²) in [6.07, 6.45) is 2.14. The molecule has 3 heterocycles. The molecule has 0 saturated heterocycles. The highest BCUT2D eigenvalue weighted by atomic mass is 16.5. The van der Waals surface area contributed by atoms with Crippen molar-refractivity contribution in [3.05, 3.63) is 63.9 Å². The Kier molecular flexibility index (Phi) is 4.84. The molecule has 2 amide bonds. The first kappa shape index (κ1) is 19.4. The van der Waals surface area contributed by atoms with E-state index in [-0.39, 0.29) is 30.3 Å². The van der Waals surface area contributed by atoms with Crippen LogP contribution in [0, 0.1) is 11.3 Å². The van der Waals surface area contributed by atoms with Crippen LogP contribution in [-0.4, -0.2) is 29.2 Å². The predicted octanol–water partition coefficient (Wildman–Crippen LogP) is 3.62. The Morgan fingerprint density at radius 3 is 2.70 bits per heavy atom. The number of nitrogens with zero attached hydrogens (tertiary/aromatic N) is 2. The van der Waals surface area contributed by atoms with Gasteiger partial charge in [0.1, 0.15) is 29.8 Å². The second kappa shape index (κ2) is 7.48. The molecule has 2 aromatic rings. The van der Waals surface area contributed by atoms with Gasteiger partial charge in [-0.1, -0.05) is 13.0 Å². The Bertz CT molecular complexity index is 1190. The smallest absolute Gasteiger partial charge is 0.338 e. The van der Waals surface area contributed by atoms with Crippen molar-refractivity contribution in [3.63, 3.8) is 0 Å². The molecule has 2 aliphatic rings. The Balaban J connectivity index is 1.70. The zero-order valence-electron chi connectivity index (χ0n) is 16.5. The number of carbonyl (C=O) groups is 3. The zero-order chi connectivity index (χ0) is 21.4. The molecule has 1 aromatic heterocycles. The lowest BCUT2D eigenvalue weighted by Gasteiger charge is -2.26. The largest absolute Gasteiger partial charge is 0.457 e. The molecule has 4 rings (SSSR count). The van der Waals surface area contributed by atoms with E-state index in [2.05, 4.69) is 0 Å². The van der Waals surface area contributed by atoms with Crippen LogP contribution < -0.4 is 0 Å². The summed E-state index contributed by atoms with van der Waals surface area (Å²) in [6.45, 7) is 3.92. The first-order valence-electron chi connectivity index (χ1n) is 9.54. The molecule has 0 unspecified atom stereocenters. The molecule has 1 aromatic carbocycles. The molecular formula is C23H18N2O5. The average Bonchev–Trinajstić information content (AvgIpc) is 3.35. The number of fused-ring (bicyclic) bond motifs is 1. The van der Waals surface area contributed by atoms with E-state index in [1.807, 2.05) is 19.1 Å².